The van der Waals surface area contributed by atoms with Gasteiger partial charge in [0.1, 0.15) is 0 Å². The minimum absolute atomic E-state index is 0.0651. The Morgan fingerprint density at radius 3 is 2.67 bits per heavy atom. The summed E-state index contributed by atoms with van der Waals surface area (Å²) in [5.74, 6) is -5.16. The molecule has 2 aliphatic heterocycles. The zero-order chi connectivity index (χ0) is 19.1. The van der Waals surface area contributed by atoms with E-state index >= 15 is 0 Å². The Kier molecular flexibility index (Phi) is 4.14. The van der Waals surface area contributed by atoms with Crippen LogP contribution in [0.15, 0.2) is 30.3 Å². The molecule has 1 atom stereocenters. The minimum atomic E-state index is -1.67. The molecular weight excluding hydrogens is 365 g/mol. The molecule has 6 nitrogen and oxygen atoms in total. The molecule has 2 aromatic rings. The average Bonchev–Trinajstić information content (AvgIpc) is 3.27. The summed E-state index contributed by atoms with van der Waals surface area (Å²) in [6.07, 6.45) is -0.0917. The Morgan fingerprint density at radius 2 is 1.85 bits per heavy atom. The summed E-state index contributed by atoms with van der Waals surface area (Å²) in [4.78, 5) is 26.1. The van der Waals surface area contributed by atoms with E-state index in [0.717, 1.165) is 6.07 Å². The van der Waals surface area contributed by atoms with Gasteiger partial charge in [0.2, 0.25) is 18.6 Å². The number of halogens is 3. The molecule has 9 heteroatoms. The van der Waals surface area contributed by atoms with E-state index < -0.39 is 35.0 Å². The Balaban J connectivity index is 1.49. The van der Waals surface area contributed by atoms with E-state index in [1.165, 1.54) is 4.90 Å². The molecule has 0 radical (unpaired) electrons. The van der Waals surface area contributed by atoms with E-state index in [0.29, 0.717) is 23.3 Å². The van der Waals surface area contributed by atoms with E-state index in [1.54, 1.807) is 18.2 Å². The van der Waals surface area contributed by atoms with Crippen molar-refractivity contribution >= 4 is 23.2 Å². The topological polar surface area (TPSA) is 67.9 Å². The molecule has 0 aliphatic carbocycles. The maximum Gasteiger partial charge on any atom is 0.231 e. The van der Waals surface area contributed by atoms with E-state index in [9.17, 15) is 22.8 Å². The highest BCUT2D eigenvalue weighted by Gasteiger charge is 2.36. The van der Waals surface area contributed by atoms with E-state index in [1.807, 2.05) is 0 Å². The van der Waals surface area contributed by atoms with E-state index in [4.69, 9.17) is 9.47 Å². The van der Waals surface area contributed by atoms with Crippen molar-refractivity contribution in [2.45, 2.75) is 6.42 Å². The van der Waals surface area contributed by atoms with Gasteiger partial charge in [-0.1, -0.05) is 0 Å². The second kappa shape index (κ2) is 6.49. The van der Waals surface area contributed by atoms with Crippen LogP contribution < -0.4 is 19.7 Å². The van der Waals surface area contributed by atoms with Crippen LogP contribution in [-0.4, -0.2) is 25.2 Å². The van der Waals surface area contributed by atoms with Crippen molar-refractivity contribution < 1.29 is 32.2 Å². The van der Waals surface area contributed by atoms with Gasteiger partial charge in [-0.25, -0.2) is 13.2 Å². The zero-order valence-corrected chi connectivity index (χ0v) is 13.8. The van der Waals surface area contributed by atoms with Gasteiger partial charge in [0, 0.05) is 24.7 Å². The van der Waals surface area contributed by atoms with Crippen molar-refractivity contribution in [3.63, 3.8) is 0 Å². The lowest BCUT2D eigenvalue weighted by atomic mass is 10.1. The molecule has 1 unspecified atom stereocenters. The van der Waals surface area contributed by atoms with E-state index in [-0.39, 0.29) is 25.7 Å². The highest BCUT2D eigenvalue weighted by molar-refractivity contribution is 6.03. The van der Waals surface area contributed by atoms with Gasteiger partial charge >= 0.3 is 0 Å². The predicted molar refractivity (Wildman–Crippen MR) is 88.0 cm³/mol. The van der Waals surface area contributed by atoms with Gasteiger partial charge in [0.05, 0.1) is 11.6 Å². The number of benzene rings is 2. The van der Waals surface area contributed by atoms with Crippen molar-refractivity contribution in [1.82, 2.24) is 0 Å². The van der Waals surface area contributed by atoms with Crippen LogP contribution in [0.1, 0.15) is 6.42 Å². The van der Waals surface area contributed by atoms with Crippen LogP contribution in [0.4, 0.5) is 24.5 Å². The van der Waals surface area contributed by atoms with Gasteiger partial charge in [-0.15, -0.1) is 0 Å². The second-order valence-electron chi connectivity index (χ2n) is 6.16. The monoisotopic (exact) mass is 378 g/mol. The molecule has 1 fully saturated rings. The van der Waals surface area contributed by atoms with E-state index in [2.05, 4.69) is 5.32 Å². The first kappa shape index (κ1) is 17.2. The molecule has 0 bridgehead atoms. The molecule has 1 saturated heterocycles. The third-order valence-electron chi connectivity index (χ3n) is 4.46. The summed E-state index contributed by atoms with van der Waals surface area (Å²) in [5, 5.41) is 2.21. The Hall–Kier alpha value is -3.23. The van der Waals surface area contributed by atoms with Crippen LogP contribution in [0.5, 0.6) is 11.5 Å². The lowest BCUT2D eigenvalue weighted by molar-refractivity contribution is -0.122. The van der Waals surface area contributed by atoms with Crippen molar-refractivity contribution in [3.8, 4) is 11.5 Å². The highest BCUT2D eigenvalue weighted by atomic mass is 19.2. The first-order chi connectivity index (χ1) is 12.9. The summed E-state index contributed by atoms with van der Waals surface area (Å²) < 4.78 is 50.5. The number of fused-ring (bicyclic) bond motifs is 1. The average molecular weight is 378 g/mol. The molecule has 27 heavy (non-hydrogen) atoms. The Morgan fingerprint density at radius 1 is 1.07 bits per heavy atom. The molecule has 0 aromatic heterocycles. The summed E-state index contributed by atoms with van der Waals surface area (Å²) in [5.41, 5.74) is 0.0615. The number of rotatable bonds is 3. The molecule has 0 spiro atoms. The largest absolute Gasteiger partial charge is 0.454 e. The standard InChI is InChI=1S/C18H13F3N2O4/c19-11-2-3-12(17(21)16(11)20)22-18(25)9-5-15(24)23(7-9)10-1-4-13-14(6-10)27-8-26-13/h1-4,6,9H,5,7-8H2,(H,22,25). The summed E-state index contributed by atoms with van der Waals surface area (Å²) in [7, 11) is 0. The van der Waals surface area contributed by atoms with Gasteiger partial charge in [-0.05, 0) is 24.3 Å². The maximum absolute atomic E-state index is 13.7. The maximum atomic E-state index is 13.7. The number of amides is 2. The molecule has 2 amide bonds. The second-order valence-corrected chi connectivity index (χ2v) is 6.16. The van der Waals surface area contributed by atoms with Crippen LogP contribution in [0.3, 0.4) is 0 Å². The number of anilines is 2. The summed E-state index contributed by atoms with van der Waals surface area (Å²) >= 11 is 0. The molecular formula is C18H13F3N2O4. The van der Waals surface area contributed by atoms with Crippen molar-refractivity contribution in [1.29, 1.82) is 0 Å². The van der Waals surface area contributed by atoms with Gasteiger partial charge in [-0.2, -0.15) is 0 Å². The number of carbonyl (C=O) groups excluding carboxylic acids is 2. The molecule has 4 rings (SSSR count). The van der Waals surface area contributed by atoms with Crippen molar-refractivity contribution in [3.05, 3.63) is 47.8 Å². The Labute approximate surface area is 151 Å². The lowest BCUT2D eigenvalue weighted by Crippen LogP contribution is -2.28. The van der Waals surface area contributed by atoms with Crippen molar-refractivity contribution in [2.75, 3.05) is 23.6 Å². The molecule has 1 N–H and O–H groups in total. The van der Waals surface area contributed by atoms with Crippen LogP contribution in [0.2, 0.25) is 0 Å². The van der Waals surface area contributed by atoms with Gasteiger partial charge < -0.3 is 19.7 Å². The third-order valence-corrected chi connectivity index (χ3v) is 4.46. The van der Waals surface area contributed by atoms with Gasteiger partial charge in [-0.3, -0.25) is 9.59 Å². The van der Waals surface area contributed by atoms with Crippen molar-refractivity contribution in [2.24, 2.45) is 5.92 Å². The predicted octanol–water partition coefficient (Wildman–Crippen LogP) is 2.82. The molecule has 0 saturated carbocycles. The third kappa shape index (κ3) is 3.05. The zero-order valence-electron chi connectivity index (χ0n) is 13.8. The molecule has 2 aromatic carbocycles. The molecule has 2 heterocycles. The lowest BCUT2D eigenvalue weighted by Gasteiger charge is -2.17. The first-order valence-electron chi connectivity index (χ1n) is 8.08. The van der Waals surface area contributed by atoms with Crippen LogP contribution in [-0.2, 0) is 9.59 Å². The fourth-order valence-electron chi connectivity index (χ4n) is 3.04. The fraction of sp³-hybridized carbons (Fsp3) is 0.222. The molecule has 140 valence electrons. The highest BCUT2D eigenvalue weighted by Crippen LogP contribution is 2.37. The van der Waals surface area contributed by atoms with Gasteiger partial charge in [0.15, 0.2) is 29.0 Å². The first-order valence-corrected chi connectivity index (χ1v) is 8.08. The SMILES string of the molecule is O=C(Nc1ccc(F)c(F)c1F)C1CC(=O)N(c2ccc3c(c2)OCO3)C1. The quantitative estimate of drug-likeness (QED) is 0.834. The smallest absolute Gasteiger partial charge is 0.231 e. The number of hydrogen-bond donors (Lipinski definition) is 1. The number of carbonyl (C=O) groups is 2. The number of ether oxygens (including phenoxy) is 2. The Bertz CT molecular complexity index is 950. The van der Waals surface area contributed by atoms with Crippen LogP contribution in [0.25, 0.3) is 0 Å². The van der Waals surface area contributed by atoms with Gasteiger partial charge in [0.25, 0.3) is 0 Å². The number of nitrogens with one attached hydrogen (secondary N) is 1. The minimum Gasteiger partial charge on any atom is -0.454 e. The van der Waals surface area contributed by atoms with Crippen LogP contribution in [0, 0.1) is 23.4 Å². The number of hydrogen-bond acceptors (Lipinski definition) is 4. The summed E-state index contributed by atoms with van der Waals surface area (Å²) in [6, 6.07) is 6.61. The fourth-order valence-corrected chi connectivity index (χ4v) is 3.04. The number of nitrogens with zero attached hydrogens (tertiary/aromatic N) is 1. The molecule has 2 aliphatic rings. The van der Waals surface area contributed by atoms with Crippen LogP contribution >= 0.6 is 0 Å². The normalized spacial score (nSPS) is 18.1. The summed E-state index contributed by atoms with van der Waals surface area (Å²) in [6.45, 7) is 0.160.